The van der Waals surface area contributed by atoms with Gasteiger partial charge in [0.25, 0.3) is 5.91 Å². The molecule has 2 aromatic heterocycles. The lowest BCUT2D eigenvalue weighted by Crippen LogP contribution is -2.50. The fourth-order valence-corrected chi connectivity index (χ4v) is 5.54. The molecule has 0 radical (unpaired) electrons. The standard InChI is InChI=1S/C20H22N4O5S2/c1-28-17-6-5-14(12-18(17)29-2)31(26,27)24-9-7-23(8-10-24)20(25)16-13-15(21-22-16)19-4-3-11-30-19/h3-6,11-13H,7-10H2,1-2H3,(H,21,22). The second-order valence-electron chi connectivity index (χ2n) is 6.86. The van der Waals surface area contributed by atoms with E-state index in [1.807, 2.05) is 17.5 Å². The normalized spacial score (nSPS) is 15.1. The van der Waals surface area contributed by atoms with Crippen molar-refractivity contribution >= 4 is 27.3 Å². The van der Waals surface area contributed by atoms with Crippen LogP contribution >= 0.6 is 11.3 Å². The van der Waals surface area contributed by atoms with Crippen LogP contribution in [0.1, 0.15) is 10.5 Å². The molecule has 11 heteroatoms. The molecule has 0 spiro atoms. The van der Waals surface area contributed by atoms with E-state index in [1.54, 1.807) is 28.4 Å². The summed E-state index contributed by atoms with van der Waals surface area (Å²) in [6.45, 7) is 0.967. The van der Waals surface area contributed by atoms with E-state index in [2.05, 4.69) is 10.2 Å². The Hall–Kier alpha value is -2.89. The Morgan fingerprint density at radius 3 is 2.45 bits per heavy atom. The topological polar surface area (TPSA) is 105 Å². The molecule has 0 atom stereocenters. The quantitative estimate of drug-likeness (QED) is 0.603. The lowest BCUT2D eigenvalue weighted by atomic mass is 10.2. The number of thiophene rings is 1. The summed E-state index contributed by atoms with van der Waals surface area (Å²) in [6.07, 6.45) is 0. The number of sulfonamides is 1. The van der Waals surface area contributed by atoms with E-state index in [0.29, 0.717) is 17.2 Å². The number of carbonyl (C=O) groups is 1. The second kappa shape index (κ2) is 8.69. The smallest absolute Gasteiger partial charge is 0.274 e. The summed E-state index contributed by atoms with van der Waals surface area (Å²) in [5.41, 5.74) is 1.10. The van der Waals surface area contributed by atoms with Gasteiger partial charge in [0.15, 0.2) is 17.2 Å². The number of H-pyrrole nitrogens is 1. The highest BCUT2D eigenvalue weighted by atomic mass is 32.2. The third-order valence-corrected chi connectivity index (χ3v) is 7.90. The number of carbonyl (C=O) groups excluding carboxylic acids is 1. The first-order valence-corrected chi connectivity index (χ1v) is 11.9. The van der Waals surface area contributed by atoms with Gasteiger partial charge in [-0.3, -0.25) is 9.89 Å². The molecular formula is C20H22N4O5S2. The van der Waals surface area contributed by atoms with Crippen molar-refractivity contribution < 1.29 is 22.7 Å². The Labute approximate surface area is 184 Å². The van der Waals surface area contributed by atoms with Crippen LogP contribution in [0.5, 0.6) is 11.5 Å². The van der Waals surface area contributed by atoms with Gasteiger partial charge in [-0.1, -0.05) is 6.07 Å². The Morgan fingerprint density at radius 2 is 1.81 bits per heavy atom. The number of ether oxygens (including phenoxy) is 2. The van der Waals surface area contributed by atoms with Gasteiger partial charge >= 0.3 is 0 Å². The molecule has 164 valence electrons. The van der Waals surface area contributed by atoms with Gasteiger partial charge in [-0.05, 0) is 29.6 Å². The lowest BCUT2D eigenvalue weighted by Gasteiger charge is -2.33. The molecule has 31 heavy (non-hydrogen) atoms. The number of hydrogen-bond donors (Lipinski definition) is 1. The molecule has 1 amide bonds. The summed E-state index contributed by atoms with van der Waals surface area (Å²) >= 11 is 1.56. The van der Waals surface area contributed by atoms with Gasteiger partial charge in [-0.2, -0.15) is 9.40 Å². The Kier molecular flexibility index (Phi) is 5.99. The molecule has 0 aliphatic carbocycles. The maximum Gasteiger partial charge on any atom is 0.274 e. The van der Waals surface area contributed by atoms with Gasteiger partial charge in [0.2, 0.25) is 10.0 Å². The number of hydrogen-bond acceptors (Lipinski definition) is 7. The van der Waals surface area contributed by atoms with Crippen molar-refractivity contribution in [2.75, 3.05) is 40.4 Å². The summed E-state index contributed by atoms with van der Waals surface area (Å²) in [5, 5.41) is 8.97. The van der Waals surface area contributed by atoms with Crippen LogP contribution in [0, 0.1) is 0 Å². The van der Waals surface area contributed by atoms with E-state index in [9.17, 15) is 13.2 Å². The molecule has 1 N–H and O–H groups in total. The zero-order chi connectivity index (χ0) is 22.0. The monoisotopic (exact) mass is 462 g/mol. The molecule has 1 aliphatic heterocycles. The van der Waals surface area contributed by atoms with Crippen molar-refractivity contribution in [3.8, 4) is 22.1 Å². The highest BCUT2D eigenvalue weighted by molar-refractivity contribution is 7.89. The number of rotatable bonds is 6. The molecule has 3 heterocycles. The first-order chi connectivity index (χ1) is 14.9. The van der Waals surface area contributed by atoms with Gasteiger partial charge < -0.3 is 14.4 Å². The predicted octanol–water partition coefficient (Wildman–Crippen LogP) is 2.30. The molecule has 1 saturated heterocycles. The molecule has 1 aliphatic rings. The SMILES string of the molecule is COc1ccc(S(=O)(=O)N2CCN(C(=O)c3cc(-c4cccs4)[nH]n3)CC2)cc1OC. The van der Waals surface area contributed by atoms with Gasteiger partial charge in [0.1, 0.15) is 0 Å². The minimum atomic E-state index is -3.72. The van der Waals surface area contributed by atoms with Crippen molar-refractivity contribution in [3.05, 3.63) is 47.5 Å². The zero-order valence-corrected chi connectivity index (χ0v) is 18.7. The molecule has 9 nitrogen and oxygen atoms in total. The maximum atomic E-state index is 13.0. The first kappa shape index (κ1) is 21.3. The molecule has 1 fully saturated rings. The molecular weight excluding hydrogens is 440 g/mol. The van der Waals surface area contributed by atoms with Crippen LogP contribution in [-0.2, 0) is 10.0 Å². The largest absolute Gasteiger partial charge is 0.493 e. The van der Waals surface area contributed by atoms with Crippen molar-refractivity contribution in [1.82, 2.24) is 19.4 Å². The van der Waals surface area contributed by atoms with E-state index >= 15 is 0 Å². The van der Waals surface area contributed by atoms with Crippen molar-refractivity contribution in [3.63, 3.8) is 0 Å². The van der Waals surface area contributed by atoms with Gasteiger partial charge in [0, 0.05) is 32.2 Å². The van der Waals surface area contributed by atoms with Crippen LogP contribution < -0.4 is 9.47 Å². The number of nitrogens with zero attached hydrogens (tertiary/aromatic N) is 3. The van der Waals surface area contributed by atoms with Crippen LogP contribution in [0.25, 0.3) is 10.6 Å². The van der Waals surface area contributed by atoms with Crippen LogP contribution in [-0.4, -0.2) is 74.1 Å². The third-order valence-electron chi connectivity index (χ3n) is 5.10. The number of amides is 1. The molecule has 0 unspecified atom stereocenters. The van der Waals surface area contributed by atoms with Gasteiger partial charge in [-0.15, -0.1) is 11.3 Å². The van der Waals surface area contributed by atoms with Crippen LogP contribution in [0.2, 0.25) is 0 Å². The van der Waals surface area contributed by atoms with E-state index in [4.69, 9.17) is 9.47 Å². The summed E-state index contributed by atoms with van der Waals surface area (Å²) in [5.74, 6) is 0.581. The van der Waals surface area contributed by atoms with Crippen molar-refractivity contribution in [2.45, 2.75) is 4.90 Å². The lowest BCUT2D eigenvalue weighted by molar-refractivity contribution is 0.0692. The van der Waals surface area contributed by atoms with E-state index in [0.717, 1.165) is 10.6 Å². The molecule has 0 saturated carbocycles. The first-order valence-electron chi connectivity index (χ1n) is 9.55. The Morgan fingerprint density at radius 1 is 1.06 bits per heavy atom. The molecule has 1 aromatic carbocycles. The maximum absolute atomic E-state index is 13.0. The molecule has 3 aromatic rings. The van der Waals surface area contributed by atoms with Gasteiger partial charge in [-0.25, -0.2) is 8.42 Å². The van der Waals surface area contributed by atoms with E-state index < -0.39 is 10.0 Å². The number of nitrogens with one attached hydrogen (secondary N) is 1. The fourth-order valence-electron chi connectivity index (χ4n) is 3.41. The minimum absolute atomic E-state index is 0.123. The average Bonchev–Trinajstić information content (AvgIpc) is 3.50. The van der Waals surface area contributed by atoms with Crippen LogP contribution in [0.15, 0.2) is 46.7 Å². The summed E-state index contributed by atoms with van der Waals surface area (Å²) < 4.78 is 37.9. The average molecular weight is 463 g/mol. The number of aromatic nitrogens is 2. The zero-order valence-electron chi connectivity index (χ0n) is 17.1. The van der Waals surface area contributed by atoms with Crippen molar-refractivity contribution in [2.24, 2.45) is 0 Å². The summed E-state index contributed by atoms with van der Waals surface area (Å²) in [7, 11) is -0.773. The van der Waals surface area contributed by atoms with Gasteiger partial charge in [0.05, 0.1) is 29.7 Å². The Balaban J connectivity index is 1.44. The number of piperazine rings is 1. The van der Waals surface area contributed by atoms with Crippen LogP contribution in [0.4, 0.5) is 0 Å². The molecule has 4 rings (SSSR count). The van der Waals surface area contributed by atoms with Crippen LogP contribution in [0.3, 0.4) is 0 Å². The summed E-state index contributed by atoms with van der Waals surface area (Å²) in [4.78, 5) is 15.6. The second-order valence-corrected chi connectivity index (χ2v) is 9.74. The highest BCUT2D eigenvalue weighted by Crippen LogP contribution is 2.31. The van der Waals surface area contributed by atoms with E-state index in [-0.39, 0.29) is 37.0 Å². The van der Waals surface area contributed by atoms with E-state index in [1.165, 1.54) is 30.7 Å². The number of aromatic amines is 1. The number of benzene rings is 1. The molecule has 0 bridgehead atoms. The predicted molar refractivity (Wildman–Crippen MR) is 116 cm³/mol. The fraction of sp³-hybridized carbons (Fsp3) is 0.300. The third kappa shape index (κ3) is 4.16. The summed E-state index contributed by atoms with van der Waals surface area (Å²) in [6, 6.07) is 10.1. The Bertz CT molecular complexity index is 1170. The highest BCUT2D eigenvalue weighted by Gasteiger charge is 2.31. The number of methoxy groups -OCH3 is 2. The minimum Gasteiger partial charge on any atom is -0.493 e. The van der Waals surface area contributed by atoms with Crippen molar-refractivity contribution in [1.29, 1.82) is 0 Å².